The lowest BCUT2D eigenvalue weighted by Crippen LogP contribution is -2.39. The summed E-state index contributed by atoms with van der Waals surface area (Å²) < 4.78 is 27.7. The third-order valence-electron chi connectivity index (χ3n) is 3.10. The summed E-state index contributed by atoms with van der Waals surface area (Å²) >= 11 is 5.38. The number of halogens is 3. The normalized spacial score (nSPS) is 12.4. The van der Waals surface area contributed by atoms with Gasteiger partial charge in [-0.1, -0.05) is 23.7 Å². The molecule has 106 valence electrons. The van der Waals surface area contributed by atoms with Gasteiger partial charge in [-0.05, 0) is 31.0 Å². The first kappa shape index (κ1) is 14.5. The molecule has 1 N–H and O–H groups in total. The van der Waals surface area contributed by atoms with Crippen molar-refractivity contribution in [2.24, 2.45) is 0 Å². The van der Waals surface area contributed by atoms with Crippen LogP contribution in [0.2, 0.25) is 5.15 Å². The molecule has 1 heterocycles. The Morgan fingerprint density at radius 2 is 1.95 bits per heavy atom. The molecule has 20 heavy (non-hydrogen) atoms. The average molecular weight is 301 g/mol. The quantitative estimate of drug-likeness (QED) is 0.866. The molecule has 0 aliphatic heterocycles. The summed E-state index contributed by atoms with van der Waals surface area (Å²) in [6.45, 7) is 3.08. The number of aromatic nitrogens is 2. The fourth-order valence-corrected chi connectivity index (χ4v) is 2.03. The number of hydrogen-bond donors (Lipinski definition) is 1. The molecule has 1 unspecified atom stereocenters. The van der Waals surface area contributed by atoms with E-state index < -0.39 is 34.1 Å². The highest BCUT2D eigenvalue weighted by Crippen LogP contribution is 2.18. The van der Waals surface area contributed by atoms with E-state index in [1.54, 1.807) is 13.0 Å². The van der Waals surface area contributed by atoms with Crippen molar-refractivity contribution >= 4 is 11.6 Å². The number of aromatic amines is 1. The average Bonchev–Trinajstić information content (AvgIpc) is 2.39. The standard InChI is InChI=1S/C13H11ClF2N2O2/c1-6-3-4-8(5-9(6)15)7(2)18-12(19)10(16)11(14)17-13(18)20/h3-5,7H,1-2H3,(H,17,20). The molecule has 0 fully saturated rings. The van der Waals surface area contributed by atoms with Crippen LogP contribution in [-0.4, -0.2) is 9.55 Å². The molecule has 0 aliphatic carbocycles. The van der Waals surface area contributed by atoms with Gasteiger partial charge in [0, 0.05) is 0 Å². The van der Waals surface area contributed by atoms with Gasteiger partial charge in [-0.15, -0.1) is 0 Å². The van der Waals surface area contributed by atoms with Crippen molar-refractivity contribution in [3.63, 3.8) is 0 Å². The van der Waals surface area contributed by atoms with Gasteiger partial charge in [0.1, 0.15) is 5.82 Å². The van der Waals surface area contributed by atoms with E-state index in [9.17, 15) is 18.4 Å². The Balaban J connectivity index is 2.62. The Morgan fingerprint density at radius 1 is 1.30 bits per heavy atom. The molecule has 1 aromatic carbocycles. The van der Waals surface area contributed by atoms with E-state index in [2.05, 4.69) is 0 Å². The SMILES string of the molecule is Cc1ccc(C(C)n2c(=O)[nH]c(Cl)c(F)c2=O)cc1F. The summed E-state index contributed by atoms with van der Waals surface area (Å²) in [4.78, 5) is 25.5. The predicted octanol–water partition coefficient (Wildman–Crippen LogP) is 2.39. The third-order valence-corrected chi connectivity index (χ3v) is 3.36. The molecule has 0 saturated carbocycles. The van der Waals surface area contributed by atoms with Crippen LogP contribution in [0.25, 0.3) is 0 Å². The largest absolute Gasteiger partial charge is 0.330 e. The molecule has 2 rings (SSSR count). The summed E-state index contributed by atoms with van der Waals surface area (Å²) in [7, 11) is 0. The van der Waals surface area contributed by atoms with Gasteiger partial charge in [-0.2, -0.15) is 4.39 Å². The summed E-state index contributed by atoms with van der Waals surface area (Å²) in [6.07, 6.45) is 0. The van der Waals surface area contributed by atoms with E-state index in [1.807, 2.05) is 4.98 Å². The number of aryl methyl sites for hydroxylation is 1. The first-order chi connectivity index (χ1) is 9.32. The molecule has 1 atom stereocenters. The van der Waals surface area contributed by atoms with Crippen LogP contribution in [0.4, 0.5) is 8.78 Å². The number of nitrogens with zero attached hydrogens (tertiary/aromatic N) is 1. The second-order valence-corrected chi connectivity index (χ2v) is 4.80. The second-order valence-electron chi connectivity index (χ2n) is 4.42. The molecular weight excluding hydrogens is 290 g/mol. The van der Waals surface area contributed by atoms with Gasteiger partial charge in [-0.25, -0.2) is 9.18 Å². The molecule has 4 nitrogen and oxygen atoms in total. The van der Waals surface area contributed by atoms with E-state index in [-0.39, 0.29) is 0 Å². The van der Waals surface area contributed by atoms with Gasteiger partial charge in [0.25, 0.3) is 5.56 Å². The molecule has 0 bridgehead atoms. The molecule has 0 amide bonds. The fourth-order valence-electron chi connectivity index (χ4n) is 1.87. The summed E-state index contributed by atoms with van der Waals surface area (Å²) in [5.74, 6) is -1.71. The Morgan fingerprint density at radius 3 is 2.55 bits per heavy atom. The van der Waals surface area contributed by atoms with E-state index in [1.165, 1.54) is 19.1 Å². The third kappa shape index (κ3) is 2.38. The lowest BCUT2D eigenvalue weighted by Gasteiger charge is -2.15. The highest BCUT2D eigenvalue weighted by atomic mass is 35.5. The first-order valence-electron chi connectivity index (χ1n) is 5.78. The van der Waals surface area contributed by atoms with Crippen molar-refractivity contribution in [3.8, 4) is 0 Å². The molecule has 0 spiro atoms. The van der Waals surface area contributed by atoms with Crippen molar-refractivity contribution < 1.29 is 8.78 Å². The minimum atomic E-state index is -1.24. The predicted molar refractivity (Wildman–Crippen MR) is 71.2 cm³/mol. The van der Waals surface area contributed by atoms with Crippen LogP contribution >= 0.6 is 11.6 Å². The van der Waals surface area contributed by atoms with Crippen LogP contribution in [-0.2, 0) is 0 Å². The van der Waals surface area contributed by atoms with Crippen LogP contribution < -0.4 is 11.2 Å². The molecule has 1 aromatic heterocycles. The van der Waals surface area contributed by atoms with Crippen LogP contribution in [0.3, 0.4) is 0 Å². The first-order valence-corrected chi connectivity index (χ1v) is 6.16. The number of hydrogen-bond acceptors (Lipinski definition) is 2. The van der Waals surface area contributed by atoms with E-state index >= 15 is 0 Å². The summed E-state index contributed by atoms with van der Waals surface area (Å²) in [5.41, 5.74) is -1.19. The highest BCUT2D eigenvalue weighted by Gasteiger charge is 2.18. The monoisotopic (exact) mass is 300 g/mol. The molecule has 0 aliphatic rings. The highest BCUT2D eigenvalue weighted by molar-refractivity contribution is 6.29. The summed E-state index contributed by atoms with van der Waals surface area (Å²) in [6, 6.07) is 3.47. The zero-order valence-corrected chi connectivity index (χ0v) is 11.5. The maximum atomic E-state index is 13.5. The molecule has 7 heteroatoms. The van der Waals surface area contributed by atoms with Gasteiger partial charge in [-0.3, -0.25) is 14.3 Å². The minimum absolute atomic E-state index is 0.377. The van der Waals surface area contributed by atoms with Gasteiger partial charge in [0.15, 0.2) is 5.15 Å². The number of H-pyrrole nitrogens is 1. The lowest BCUT2D eigenvalue weighted by molar-refractivity contribution is 0.512. The van der Waals surface area contributed by atoms with Gasteiger partial charge >= 0.3 is 5.69 Å². The second kappa shape index (κ2) is 5.20. The molecular formula is C13H11ClF2N2O2. The van der Waals surface area contributed by atoms with Crippen molar-refractivity contribution in [1.82, 2.24) is 9.55 Å². The Kier molecular flexibility index (Phi) is 3.76. The van der Waals surface area contributed by atoms with Gasteiger partial charge < -0.3 is 0 Å². The van der Waals surface area contributed by atoms with E-state index in [0.717, 1.165) is 0 Å². The smallest absolute Gasteiger partial charge is 0.295 e. The summed E-state index contributed by atoms with van der Waals surface area (Å²) in [5, 5.41) is -0.640. The maximum Gasteiger partial charge on any atom is 0.330 e. The molecule has 0 radical (unpaired) electrons. The molecule has 0 saturated heterocycles. The fraction of sp³-hybridized carbons (Fsp3) is 0.231. The van der Waals surface area contributed by atoms with Crippen molar-refractivity contribution in [2.75, 3.05) is 0 Å². The van der Waals surface area contributed by atoms with Gasteiger partial charge in [0.05, 0.1) is 6.04 Å². The number of rotatable bonds is 2. The lowest BCUT2D eigenvalue weighted by atomic mass is 10.1. The van der Waals surface area contributed by atoms with Crippen LogP contribution in [0.15, 0.2) is 27.8 Å². The number of benzene rings is 1. The maximum absolute atomic E-state index is 13.5. The van der Waals surface area contributed by atoms with Gasteiger partial charge in [0.2, 0.25) is 5.82 Å². The van der Waals surface area contributed by atoms with E-state index in [4.69, 9.17) is 11.6 Å². The van der Waals surface area contributed by atoms with Crippen molar-refractivity contribution in [2.45, 2.75) is 19.9 Å². The van der Waals surface area contributed by atoms with Crippen molar-refractivity contribution in [3.05, 3.63) is 67.0 Å². The van der Waals surface area contributed by atoms with Crippen molar-refractivity contribution in [1.29, 1.82) is 0 Å². The Labute approximate surface area is 117 Å². The van der Waals surface area contributed by atoms with Crippen LogP contribution in [0.1, 0.15) is 24.1 Å². The Bertz CT molecular complexity index is 783. The zero-order chi connectivity index (χ0) is 15.0. The topological polar surface area (TPSA) is 54.9 Å². The number of nitrogens with one attached hydrogen (secondary N) is 1. The van der Waals surface area contributed by atoms with Crippen LogP contribution in [0.5, 0.6) is 0 Å². The van der Waals surface area contributed by atoms with Crippen LogP contribution in [0, 0.1) is 18.6 Å². The zero-order valence-electron chi connectivity index (χ0n) is 10.7. The van der Waals surface area contributed by atoms with E-state index in [0.29, 0.717) is 15.7 Å². The minimum Gasteiger partial charge on any atom is -0.295 e. The Hall–Kier alpha value is -1.95. The molecule has 2 aromatic rings.